The molecule has 0 aliphatic heterocycles. The van der Waals surface area contributed by atoms with Crippen LogP contribution in [0.3, 0.4) is 0 Å². The van der Waals surface area contributed by atoms with Crippen LogP contribution in [-0.2, 0) is 4.74 Å². The maximum absolute atomic E-state index is 11.4. The van der Waals surface area contributed by atoms with Gasteiger partial charge >= 0.3 is 6.09 Å². The van der Waals surface area contributed by atoms with Crippen molar-refractivity contribution >= 4 is 17.0 Å². The molecule has 1 aliphatic carbocycles. The number of hydrogen-bond acceptors (Lipinski definition) is 4. The van der Waals surface area contributed by atoms with E-state index in [4.69, 9.17) is 15.2 Å². The largest absolute Gasteiger partial charge is 0.489 e. The van der Waals surface area contributed by atoms with E-state index < -0.39 is 11.7 Å². The van der Waals surface area contributed by atoms with E-state index in [1.807, 2.05) is 37.4 Å². The highest BCUT2D eigenvalue weighted by Gasteiger charge is 2.32. The molecule has 162 valence electrons. The number of fused-ring (bicyclic) bond motifs is 1. The highest BCUT2D eigenvalue weighted by atomic mass is 16.6. The van der Waals surface area contributed by atoms with Crippen LogP contribution in [0, 0.1) is 5.92 Å². The highest BCUT2D eigenvalue weighted by Crippen LogP contribution is 2.46. The molecular formula is C26H30N2O3. The first-order valence-electron chi connectivity index (χ1n) is 10.9. The minimum absolute atomic E-state index is 0.269. The number of nitrogens with two attached hydrogens (primary N) is 1. The Morgan fingerprint density at radius 2 is 1.97 bits per heavy atom. The first kappa shape index (κ1) is 21.2. The zero-order chi connectivity index (χ0) is 22.0. The summed E-state index contributed by atoms with van der Waals surface area (Å²) in [5.41, 5.74) is 9.08. The number of aromatic nitrogens is 1. The lowest BCUT2D eigenvalue weighted by atomic mass is 9.94. The number of rotatable bonds is 8. The molecular weight excluding hydrogens is 388 g/mol. The molecule has 1 atom stereocenters. The van der Waals surface area contributed by atoms with Crippen LogP contribution in [0.1, 0.15) is 51.5 Å². The molecule has 1 saturated carbocycles. The Morgan fingerprint density at radius 1 is 1.19 bits per heavy atom. The fourth-order valence-electron chi connectivity index (χ4n) is 4.38. The molecule has 1 amide bonds. The van der Waals surface area contributed by atoms with Gasteiger partial charge in [-0.2, -0.15) is 0 Å². The summed E-state index contributed by atoms with van der Waals surface area (Å²) in [5, 5.41) is 1.14. The van der Waals surface area contributed by atoms with Gasteiger partial charge in [0.15, 0.2) is 0 Å². The number of hydrogen-bond donors (Lipinski definition) is 1. The van der Waals surface area contributed by atoms with Gasteiger partial charge in [0.2, 0.25) is 0 Å². The Labute approximate surface area is 183 Å². The van der Waals surface area contributed by atoms with Gasteiger partial charge in [-0.15, -0.1) is 0 Å². The maximum Gasteiger partial charge on any atom is 0.405 e. The summed E-state index contributed by atoms with van der Waals surface area (Å²) >= 11 is 0. The number of pyridine rings is 1. The van der Waals surface area contributed by atoms with Crippen molar-refractivity contribution < 1.29 is 14.3 Å². The van der Waals surface area contributed by atoms with E-state index in [9.17, 15) is 4.79 Å². The van der Waals surface area contributed by atoms with Gasteiger partial charge in [0.25, 0.3) is 0 Å². The first-order valence-corrected chi connectivity index (χ1v) is 10.9. The third kappa shape index (κ3) is 4.98. The highest BCUT2D eigenvalue weighted by molar-refractivity contribution is 5.94. The van der Waals surface area contributed by atoms with Crippen molar-refractivity contribution in [1.29, 1.82) is 0 Å². The fraction of sp³-hybridized carbons (Fsp3) is 0.385. The summed E-state index contributed by atoms with van der Waals surface area (Å²) in [4.78, 5) is 15.9. The molecule has 0 radical (unpaired) electrons. The van der Waals surface area contributed by atoms with Crippen LogP contribution >= 0.6 is 0 Å². The molecule has 1 aliphatic rings. The van der Waals surface area contributed by atoms with Crippen molar-refractivity contribution in [2.24, 2.45) is 11.7 Å². The van der Waals surface area contributed by atoms with Crippen molar-refractivity contribution in [2.45, 2.75) is 51.6 Å². The van der Waals surface area contributed by atoms with Gasteiger partial charge in [0.05, 0.1) is 5.52 Å². The van der Waals surface area contributed by atoms with E-state index in [-0.39, 0.29) is 6.61 Å². The van der Waals surface area contributed by atoms with Crippen LogP contribution in [0.25, 0.3) is 22.0 Å². The SMILES string of the molecule is CC(C)C[C@@](C)(COc1ccc(-c2ccnc3ccccc23)cc1C1CC1)OC(N)=O. The maximum atomic E-state index is 11.4. The van der Waals surface area contributed by atoms with Crippen LogP contribution in [0.4, 0.5) is 4.79 Å². The van der Waals surface area contributed by atoms with Crippen molar-refractivity contribution in [3.05, 3.63) is 60.3 Å². The summed E-state index contributed by atoms with van der Waals surface area (Å²) < 4.78 is 11.7. The average molecular weight is 419 g/mol. The molecule has 0 spiro atoms. The van der Waals surface area contributed by atoms with E-state index in [2.05, 4.69) is 43.1 Å². The molecule has 0 unspecified atom stereocenters. The summed E-state index contributed by atoms with van der Waals surface area (Å²) in [7, 11) is 0. The number of amides is 1. The molecule has 3 aromatic rings. The zero-order valence-electron chi connectivity index (χ0n) is 18.4. The first-order chi connectivity index (χ1) is 14.8. The second kappa shape index (κ2) is 8.58. The number of carbonyl (C=O) groups is 1. The van der Waals surface area contributed by atoms with E-state index in [0.29, 0.717) is 18.3 Å². The Bertz CT molecular complexity index is 1090. The van der Waals surface area contributed by atoms with Crippen molar-refractivity contribution in [3.63, 3.8) is 0 Å². The topological polar surface area (TPSA) is 74.4 Å². The van der Waals surface area contributed by atoms with Crippen LogP contribution in [0.2, 0.25) is 0 Å². The third-order valence-electron chi connectivity index (χ3n) is 5.71. The summed E-state index contributed by atoms with van der Waals surface area (Å²) in [6.45, 7) is 6.33. The van der Waals surface area contributed by atoms with Gasteiger partial charge in [-0.05, 0) is 79.0 Å². The van der Waals surface area contributed by atoms with E-state index in [1.165, 1.54) is 11.1 Å². The van der Waals surface area contributed by atoms with Gasteiger partial charge in [-0.1, -0.05) is 38.1 Å². The molecule has 5 nitrogen and oxygen atoms in total. The normalized spacial score (nSPS) is 15.6. The lowest BCUT2D eigenvalue weighted by molar-refractivity contribution is -0.0188. The van der Waals surface area contributed by atoms with Crippen LogP contribution in [-0.4, -0.2) is 23.3 Å². The molecule has 1 fully saturated rings. The lowest BCUT2D eigenvalue weighted by Gasteiger charge is -2.30. The van der Waals surface area contributed by atoms with Gasteiger partial charge in [-0.3, -0.25) is 4.98 Å². The van der Waals surface area contributed by atoms with Gasteiger partial charge in [0, 0.05) is 11.6 Å². The predicted molar refractivity (Wildman–Crippen MR) is 123 cm³/mol. The molecule has 1 heterocycles. The van der Waals surface area contributed by atoms with Gasteiger partial charge < -0.3 is 15.2 Å². The Hall–Kier alpha value is -3.08. The van der Waals surface area contributed by atoms with Crippen molar-refractivity contribution in [1.82, 2.24) is 4.98 Å². The molecule has 4 rings (SSSR count). The van der Waals surface area contributed by atoms with Crippen molar-refractivity contribution in [2.75, 3.05) is 6.61 Å². The van der Waals surface area contributed by atoms with Crippen LogP contribution < -0.4 is 10.5 Å². The van der Waals surface area contributed by atoms with Crippen LogP contribution in [0.15, 0.2) is 54.7 Å². The molecule has 31 heavy (non-hydrogen) atoms. The summed E-state index contributed by atoms with van der Waals surface area (Å²) in [6, 6.07) is 16.6. The van der Waals surface area contributed by atoms with Gasteiger partial charge in [-0.25, -0.2) is 4.79 Å². The fourth-order valence-corrected chi connectivity index (χ4v) is 4.38. The molecule has 0 bridgehead atoms. The minimum Gasteiger partial charge on any atom is -0.489 e. The quantitative estimate of drug-likeness (QED) is 0.483. The Balaban J connectivity index is 1.63. The average Bonchev–Trinajstić information content (AvgIpc) is 3.56. The second-order valence-corrected chi connectivity index (χ2v) is 9.16. The second-order valence-electron chi connectivity index (χ2n) is 9.16. The summed E-state index contributed by atoms with van der Waals surface area (Å²) in [5.74, 6) is 1.71. The van der Waals surface area contributed by atoms with E-state index >= 15 is 0 Å². The van der Waals surface area contributed by atoms with E-state index in [0.717, 1.165) is 35.1 Å². The summed E-state index contributed by atoms with van der Waals surface area (Å²) in [6.07, 6.45) is 4.09. The number of primary amides is 1. The zero-order valence-corrected chi connectivity index (χ0v) is 18.4. The van der Waals surface area contributed by atoms with Crippen molar-refractivity contribution in [3.8, 4) is 16.9 Å². The number of ether oxygens (including phenoxy) is 2. The monoisotopic (exact) mass is 418 g/mol. The smallest absolute Gasteiger partial charge is 0.405 e. The molecule has 0 saturated heterocycles. The Morgan fingerprint density at radius 3 is 2.68 bits per heavy atom. The molecule has 2 aromatic carbocycles. The number of carbonyl (C=O) groups excluding carboxylic acids is 1. The van der Waals surface area contributed by atoms with Crippen LogP contribution in [0.5, 0.6) is 5.75 Å². The standard InChI is InChI=1S/C26H30N2O3/c1-17(2)15-26(3,31-25(27)29)16-30-24-11-10-19(14-22(24)18-8-9-18)20-12-13-28-23-7-5-4-6-21(20)23/h4-7,10-14,17-18H,8-9,15-16H2,1-3H3,(H2,27,29)/t26-/m0/s1. The third-order valence-corrected chi connectivity index (χ3v) is 5.71. The number of benzene rings is 2. The van der Waals surface area contributed by atoms with Gasteiger partial charge in [0.1, 0.15) is 18.0 Å². The Kier molecular flexibility index (Phi) is 5.86. The molecule has 2 N–H and O–H groups in total. The minimum atomic E-state index is -0.769. The number of nitrogens with zero attached hydrogens (tertiary/aromatic N) is 1. The van der Waals surface area contributed by atoms with E-state index in [1.54, 1.807) is 0 Å². The lowest BCUT2D eigenvalue weighted by Crippen LogP contribution is -2.41. The molecule has 1 aromatic heterocycles. The molecule has 5 heteroatoms. The predicted octanol–water partition coefficient (Wildman–Crippen LogP) is 6.06. The number of para-hydroxylation sites is 1.